The summed E-state index contributed by atoms with van der Waals surface area (Å²) in [7, 11) is 0. The second-order valence-electron chi connectivity index (χ2n) is 6.56. The van der Waals surface area contributed by atoms with E-state index in [1.165, 1.54) is 5.56 Å². The molecule has 1 amide bonds. The lowest BCUT2D eigenvalue weighted by Crippen LogP contribution is -2.31. The summed E-state index contributed by atoms with van der Waals surface area (Å²) in [6.45, 7) is 3.86. The van der Waals surface area contributed by atoms with Crippen molar-refractivity contribution in [2.75, 3.05) is 5.32 Å². The first-order chi connectivity index (χ1) is 12.9. The summed E-state index contributed by atoms with van der Waals surface area (Å²) >= 11 is 3.50. The monoisotopic (exact) mass is 423 g/mol. The van der Waals surface area contributed by atoms with E-state index >= 15 is 0 Å². The highest BCUT2D eigenvalue weighted by molar-refractivity contribution is 9.10. The van der Waals surface area contributed by atoms with Crippen LogP contribution in [0.2, 0.25) is 0 Å². The molecule has 0 radical (unpaired) electrons. The number of hydrogen-bond acceptors (Lipinski definition) is 4. The van der Waals surface area contributed by atoms with Crippen LogP contribution in [0, 0.1) is 6.92 Å². The summed E-state index contributed by atoms with van der Waals surface area (Å²) in [6, 6.07) is 15.3. The standard InChI is InChI=1S/C20H18BrN5O/c1-11-6-8-13(9-7-11)19-24-20-23-12(2)16(18(22)27)17(26(20)25-19)14-4-3-5-15(21)10-14/h3-10,17H,1-2H3,(H2,22,27)(H,23,24,25). The van der Waals surface area contributed by atoms with E-state index in [0.29, 0.717) is 23.0 Å². The Bertz CT molecular complexity index is 1070. The van der Waals surface area contributed by atoms with Crippen molar-refractivity contribution >= 4 is 27.8 Å². The van der Waals surface area contributed by atoms with Crippen LogP contribution in [0.3, 0.4) is 0 Å². The van der Waals surface area contributed by atoms with Crippen molar-refractivity contribution in [1.82, 2.24) is 14.8 Å². The Morgan fingerprint density at radius 1 is 1.19 bits per heavy atom. The fourth-order valence-electron chi connectivity index (χ4n) is 3.28. The largest absolute Gasteiger partial charge is 0.366 e. The van der Waals surface area contributed by atoms with Gasteiger partial charge in [-0.25, -0.2) is 4.68 Å². The second kappa shape index (κ2) is 6.66. The molecule has 27 heavy (non-hydrogen) atoms. The lowest BCUT2D eigenvalue weighted by Gasteiger charge is -2.27. The van der Waals surface area contributed by atoms with Crippen LogP contribution < -0.4 is 11.1 Å². The first kappa shape index (κ1) is 17.5. The van der Waals surface area contributed by atoms with Crippen LogP contribution in [0.1, 0.15) is 24.1 Å². The fourth-order valence-corrected chi connectivity index (χ4v) is 3.70. The molecule has 4 rings (SSSR count). The van der Waals surface area contributed by atoms with Gasteiger partial charge in [-0.1, -0.05) is 57.9 Å². The average molecular weight is 424 g/mol. The molecule has 2 heterocycles. The SMILES string of the molecule is CC1=C(C(N)=O)C(c2cccc(Br)c2)n2nc(-c3ccc(C)cc3)nc2N1. The molecule has 3 N–H and O–H groups in total. The number of amides is 1. The summed E-state index contributed by atoms with van der Waals surface area (Å²) in [5.41, 5.74) is 9.85. The summed E-state index contributed by atoms with van der Waals surface area (Å²) in [4.78, 5) is 16.8. The summed E-state index contributed by atoms with van der Waals surface area (Å²) < 4.78 is 2.64. The van der Waals surface area contributed by atoms with Crippen molar-refractivity contribution in [3.63, 3.8) is 0 Å². The maximum atomic E-state index is 12.2. The topological polar surface area (TPSA) is 85.8 Å². The van der Waals surface area contributed by atoms with Crippen LogP contribution in [-0.4, -0.2) is 20.7 Å². The second-order valence-corrected chi connectivity index (χ2v) is 7.47. The van der Waals surface area contributed by atoms with Crippen molar-refractivity contribution in [1.29, 1.82) is 0 Å². The highest BCUT2D eigenvalue weighted by Crippen LogP contribution is 2.36. The molecule has 0 aliphatic carbocycles. The number of aryl methyl sites for hydroxylation is 1. The number of rotatable bonds is 3. The molecule has 0 spiro atoms. The van der Waals surface area contributed by atoms with Crippen molar-refractivity contribution in [3.05, 3.63) is 75.4 Å². The van der Waals surface area contributed by atoms with Gasteiger partial charge < -0.3 is 11.1 Å². The normalized spacial score (nSPS) is 16.0. The lowest BCUT2D eigenvalue weighted by molar-refractivity contribution is -0.115. The van der Waals surface area contributed by atoms with Crippen LogP contribution >= 0.6 is 15.9 Å². The zero-order valence-electron chi connectivity index (χ0n) is 14.9. The minimum atomic E-state index is -0.483. The summed E-state index contributed by atoms with van der Waals surface area (Å²) in [5, 5.41) is 7.85. The molecule has 0 bridgehead atoms. The number of nitrogens with one attached hydrogen (secondary N) is 1. The fraction of sp³-hybridized carbons (Fsp3) is 0.150. The maximum Gasteiger partial charge on any atom is 0.248 e. The number of carbonyl (C=O) groups is 1. The molecule has 1 aliphatic heterocycles. The van der Waals surface area contributed by atoms with Crippen LogP contribution in [0.25, 0.3) is 11.4 Å². The Balaban J connectivity index is 1.88. The molecule has 1 aromatic heterocycles. The van der Waals surface area contributed by atoms with Gasteiger partial charge in [0.25, 0.3) is 0 Å². The molecule has 136 valence electrons. The maximum absolute atomic E-state index is 12.2. The molecule has 1 aliphatic rings. The number of nitrogens with two attached hydrogens (primary N) is 1. The number of benzene rings is 2. The summed E-state index contributed by atoms with van der Waals surface area (Å²) in [5.74, 6) is 0.692. The van der Waals surface area contributed by atoms with Gasteiger partial charge in [0.15, 0.2) is 5.82 Å². The van der Waals surface area contributed by atoms with Gasteiger partial charge in [0.1, 0.15) is 6.04 Å². The molecule has 0 saturated heterocycles. The number of carbonyl (C=O) groups excluding carboxylic acids is 1. The third-order valence-electron chi connectivity index (χ3n) is 4.59. The van der Waals surface area contributed by atoms with Crippen molar-refractivity contribution in [2.45, 2.75) is 19.9 Å². The first-order valence-electron chi connectivity index (χ1n) is 8.50. The van der Waals surface area contributed by atoms with E-state index in [4.69, 9.17) is 10.8 Å². The number of fused-ring (bicyclic) bond motifs is 1. The van der Waals surface area contributed by atoms with Gasteiger partial charge in [0.05, 0.1) is 5.57 Å². The van der Waals surface area contributed by atoms with Gasteiger partial charge in [-0.05, 0) is 31.5 Å². The Labute approximate surface area is 165 Å². The number of primary amides is 1. The van der Waals surface area contributed by atoms with Gasteiger partial charge in [0.2, 0.25) is 11.9 Å². The van der Waals surface area contributed by atoms with Crippen molar-refractivity contribution < 1.29 is 4.79 Å². The van der Waals surface area contributed by atoms with Crippen LogP contribution in [0.5, 0.6) is 0 Å². The van der Waals surface area contributed by atoms with Crippen LogP contribution in [-0.2, 0) is 4.79 Å². The molecular weight excluding hydrogens is 406 g/mol. The number of aromatic nitrogens is 3. The quantitative estimate of drug-likeness (QED) is 0.670. The predicted octanol–water partition coefficient (Wildman–Crippen LogP) is 3.79. The van der Waals surface area contributed by atoms with Crippen LogP contribution in [0.15, 0.2) is 64.3 Å². The Hall–Kier alpha value is -2.93. The molecule has 7 heteroatoms. The third kappa shape index (κ3) is 3.14. The number of halogens is 1. The highest BCUT2D eigenvalue weighted by Gasteiger charge is 2.33. The smallest absolute Gasteiger partial charge is 0.248 e. The molecular formula is C20H18BrN5O. The molecule has 6 nitrogen and oxygen atoms in total. The van der Waals surface area contributed by atoms with E-state index in [0.717, 1.165) is 15.6 Å². The van der Waals surface area contributed by atoms with Gasteiger partial charge >= 0.3 is 0 Å². The van der Waals surface area contributed by atoms with Gasteiger partial charge in [-0.3, -0.25) is 4.79 Å². The van der Waals surface area contributed by atoms with E-state index in [2.05, 4.69) is 26.2 Å². The van der Waals surface area contributed by atoms with E-state index in [-0.39, 0.29) is 0 Å². The van der Waals surface area contributed by atoms with Gasteiger partial charge in [-0.2, -0.15) is 4.98 Å². The first-order valence-corrected chi connectivity index (χ1v) is 9.30. The van der Waals surface area contributed by atoms with E-state index in [1.54, 1.807) is 4.68 Å². The Kier molecular flexibility index (Phi) is 4.31. The number of allylic oxidation sites excluding steroid dienone is 1. The van der Waals surface area contributed by atoms with Crippen LogP contribution in [0.4, 0.5) is 5.95 Å². The van der Waals surface area contributed by atoms with Crippen molar-refractivity contribution in [2.24, 2.45) is 5.73 Å². The zero-order valence-corrected chi connectivity index (χ0v) is 16.5. The number of hydrogen-bond donors (Lipinski definition) is 2. The van der Waals surface area contributed by atoms with E-state index in [9.17, 15) is 4.79 Å². The van der Waals surface area contributed by atoms with Gasteiger partial charge in [0, 0.05) is 15.7 Å². The average Bonchev–Trinajstić information content (AvgIpc) is 3.04. The number of anilines is 1. The Morgan fingerprint density at radius 3 is 2.59 bits per heavy atom. The molecule has 1 unspecified atom stereocenters. The van der Waals surface area contributed by atoms with Crippen molar-refractivity contribution in [3.8, 4) is 11.4 Å². The lowest BCUT2D eigenvalue weighted by atomic mass is 9.95. The Morgan fingerprint density at radius 2 is 1.93 bits per heavy atom. The zero-order chi connectivity index (χ0) is 19.1. The predicted molar refractivity (Wildman–Crippen MR) is 108 cm³/mol. The minimum Gasteiger partial charge on any atom is -0.366 e. The molecule has 1 atom stereocenters. The van der Waals surface area contributed by atoms with Gasteiger partial charge in [-0.15, -0.1) is 5.10 Å². The minimum absolute atomic E-state index is 0.442. The highest BCUT2D eigenvalue weighted by atomic mass is 79.9. The molecule has 3 aromatic rings. The molecule has 2 aromatic carbocycles. The summed E-state index contributed by atoms with van der Waals surface area (Å²) in [6.07, 6.45) is 0. The van der Waals surface area contributed by atoms with E-state index < -0.39 is 11.9 Å². The van der Waals surface area contributed by atoms with E-state index in [1.807, 2.05) is 62.4 Å². The molecule has 0 fully saturated rings. The number of nitrogens with zero attached hydrogens (tertiary/aromatic N) is 3. The molecule has 0 saturated carbocycles. The third-order valence-corrected chi connectivity index (χ3v) is 5.09.